The number of hydrogen-bond donors (Lipinski definition) is 1. The minimum absolute atomic E-state index is 0.125. The van der Waals surface area contributed by atoms with E-state index in [4.69, 9.17) is 0 Å². The van der Waals surface area contributed by atoms with Crippen LogP contribution >= 0.6 is 15.9 Å². The number of rotatable bonds is 4. The number of anilines is 1. The van der Waals surface area contributed by atoms with Crippen LogP contribution in [0.25, 0.3) is 0 Å². The van der Waals surface area contributed by atoms with Gasteiger partial charge in [-0.1, -0.05) is 12.1 Å². The maximum absolute atomic E-state index is 12.6. The van der Waals surface area contributed by atoms with Crippen LogP contribution in [0, 0.1) is 10.1 Å². The number of nitro benzene ring substituents is 1. The number of nitrogens with zero attached hydrogens (tertiary/aromatic N) is 3. The molecule has 0 aliphatic carbocycles. The number of ketones is 1. The predicted molar refractivity (Wildman–Crippen MR) is 95.6 cm³/mol. The Hall–Kier alpha value is -3.07. The van der Waals surface area contributed by atoms with Crippen molar-refractivity contribution in [1.82, 2.24) is 4.98 Å². The summed E-state index contributed by atoms with van der Waals surface area (Å²) in [6.07, 6.45) is 1.47. The van der Waals surface area contributed by atoms with Crippen LogP contribution in [-0.4, -0.2) is 26.7 Å². The minimum Gasteiger partial charge on any atom is -0.503 e. The largest absolute Gasteiger partial charge is 0.503 e. The highest BCUT2D eigenvalue weighted by Crippen LogP contribution is 2.41. The maximum Gasteiger partial charge on any atom is 0.295 e. The molecule has 1 aliphatic rings. The van der Waals surface area contributed by atoms with Gasteiger partial charge >= 0.3 is 0 Å². The first-order valence-electron chi connectivity index (χ1n) is 7.44. The number of aliphatic hydroxyl groups excluding tert-OH is 1. The fourth-order valence-electron chi connectivity index (χ4n) is 2.84. The lowest BCUT2D eigenvalue weighted by atomic mass is 9.96. The molecule has 0 fully saturated rings. The Balaban J connectivity index is 2.19. The molecule has 0 radical (unpaired) electrons. The summed E-state index contributed by atoms with van der Waals surface area (Å²) in [5, 5.41) is 21.3. The summed E-state index contributed by atoms with van der Waals surface area (Å²) < 4.78 is 0.684. The highest BCUT2D eigenvalue weighted by molar-refractivity contribution is 9.10. The first-order chi connectivity index (χ1) is 12.3. The second kappa shape index (κ2) is 6.68. The minimum atomic E-state index is -1.01. The standard InChI is InChI=1S/C17H12BrN3O5/c1-9(22)14-15(10-3-2-4-12(7-10)21(25)26)20(17(24)16(14)23)13-6-5-11(18)8-19-13/h2-8,15,23H,1H3/t15-/m0/s1. The highest BCUT2D eigenvalue weighted by Gasteiger charge is 2.44. The lowest BCUT2D eigenvalue weighted by Gasteiger charge is -2.25. The fourth-order valence-corrected chi connectivity index (χ4v) is 3.07. The predicted octanol–water partition coefficient (Wildman–Crippen LogP) is 3.24. The fraction of sp³-hybridized carbons (Fsp3) is 0.118. The van der Waals surface area contributed by atoms with Gasteiger partial charge < -0.3 is 5.11 Å². The third-order valence-corrected chi connectivity index (χ3v) is 4.41. The summed E-state index contributed by atoms with van der Waals surface area (Å²) in [6.45, 7) is 1.22. The first-order valence-corrected chi connectivity index (χ1v) is 8.24. The van der Waals surface area contributed by atoms with E-state index in [9.17, 15) is 24.8 Å². The van der Waals surface area contributed by atoms with Crippen LogP contribution in [0.2, 0.25) is 0 Å². The molecule has 2 aromatic rings. The zero-order chi connectivity index (χ0) is 19.0. The number of aliphatic hydroxyl groups is 1. The molecule has 1 N–H and O–H groups in total. The van der Waals surface area contributed by atoms with E-state index in [2.05, 4.69) is 20.9 Å². The summed E-state index contributed by atoms with van der Waals surface area (Å²) in [7, 11) is 0. The zero-order valence-electron chi connectivity index (χ0n) is 13.4. The van der Waals surface area contributed by atoms with Gasteiger partial charge in [0.2, 0.25) is 0 Å². The van der Waals surface area contributed by atoms with Gasteiger partial charge in [0.1, 0.15) is 5.82 Å². The molecule has 1 aromatic heterocycles. The molecule has 9 heteroatoms. The van der Waals surface area contributed by atoms with Gasteiger partial charge in [-0.2, -0.15) is 0 Å². The topological polar surface area (TPSA) is 114 Å². The van der Waals surface area contributed by atoms with Crippen molar-refractivity contribution in [2.45, 2.75) is 13.0 Å². The molecule has 26 heavy (non-hydrogen) atoms. The molecular formula is C17H12BrN3O5. The molecule has 2 heterocycles. The Morgan fingerprint density at radius 1 is 1.35 bits per heavy atom. The van der Waals surface area contributed by atoms with Crippen LogP contribution in [0.3, 0.4) is 0 Å². The molecule has 132 valence electrons. The highest BCUT2D eigenvalue weighted by atomic mass is 79.9. The number of benzene rings is 1. The van der Waals surface area contributed by atoms with Crippen molar-refractivity contribution in [3.8, 4) is 0 Å². The van der Waals surface area contributed by atoms with Gasteiger partial charge in [-0.3, -0.25) is 24.6 Å². The Labute approximate surface area is 156 Å². The number of pyridine rings is 1. The average Bonchev–Trinajstić information content (AvgIpc) is 2.87. The van der Waals surface area contributed by atoms with E-state index in [0.29, 0.717) is 10.0 Å². The van der Waals surface area contributed by atoms with Crippen molar-refractivity contribution in [2.24, 2.45) is 0 Å². The number of amides is 1. The first kappa shape index (κ1) is 17.7. The Kier molecular flexibility index (Phi) is 4.56. The van der Waals surface area contributed by atoms with Gasteiger partial charge in [0.05, 0.1) is 16.5 Å². The quantitative estimate of drug-likeness (QED) is 0.603. The Morgan fingerprint density at radius 3 is 2.65 bits per heavy atom. The van der Waals surface area contributed by atoms with Crippen LogP contribution in [0.15, 0.2) is 58.4 Å². The summed E-state index contributed by atoms with van der Waals surface area (Å²) in [5.74, 6) is -1.77. The van der Waals surface area contributed by atoms with Crippen molar-refractivity contribution in [2.75, 3.05) is 4.90 Å². The van der Waals surface area contributed by atoms with Gasteiger partial charge in [-0.15, -0.1) is 0 Å². The molecule has 0 saturated carbocycles. The maximum atomic E-state index is 12.6. The normalized spacial score (nSPS) is 16.9. The number of nitro groups is 1. The van der Waals surface area contributed by atoms with Gasteiger partial charge in [0.15, 0.2) is 11.5 Å². The van der Waals surface area contributed by atoms with Crippen molar-refractivity contribution >= 4 is 39.1 Å². The number of carbonyl (C=O) groups is 2. The lowest BCUT2D eigenvalue weighted by molar-refractivity contribution is -0.384. The molecule has 1 atom stereocenters. The molecule has 0 bridgehead atoms. The van der Waals surface area contributed by atoms with E-state index < -0.39 is 28.4 Å². The molecule has 1 aliphatic heterocycles. The second-order valence-corrected chi connectivity index (χ2v) is 6.50. The number of hydrogen-bond acceptors (Lipinski definition) is 6. The van der Waals surface area contributed by atoms with Crippen molar-refractivity contribution in [3.63, 3.8) is 0 Å². The Morgan fingerprint density at radius 2 is 2.08 bits per heavy atom. The summed E-state index contributed by atoms with van der Waals surface area (Å²) in [6, 6.07) is 7.78. The van der Waals surface area contributed by atoms with Crippen LogP contribution in [0.4, 0.5) is 11.5 Å². The van der Waals surface area contributed by atoms with Gasteiger partial charge in [0, 0.05) is 22.8 Å². The molecule has 0 saturated heterocycles. The zero-order valence-corrected chi connectivity index (χ0v) is 15.0. The number of Topliss-reactive ketones (excluding diaryl/α,β-unsaturated/α-hetero) is 1. The van der Waals surface area contributed by atoms with E-state index >= 15 is 0 Å². The molecular weight excluding hydrogens is 406 g/mol. The van der Waals surface area contributed by atoms with E-state index in [1.807, 2.05) is 0 Å². The Bertz CT molecular complexity index is 955. The van der Waals surface area contributed by atoms with Crippen LogP contribution in [-0.2, 0) is 9.59 Å². The molecule has 8 nitrogen and oxygen atoms in total. The number of carbonyl (C=O) groups excluding carboxylic acids is 2. The average molecular weight is 418 g/mol. The molecule has 1 amide bonds. The SMILES string of the molecule is CC(=O)C1=C(O)C(=O)N(c2ccc(Br)cn2)[C@H]1c1cccc([N+](=O)[O-])c1. The van der Waals surface area contributed by atoms with E-state index in [1.54, 1.807) is 18.2 Å². The molecule has 3 rings (SSSR count). The van der Waals surface area contributed by atoms with Crippen LogP contribution < -0.4 is 4.90 Å². The van der Waals surface area contributed by atoms with Crippen LogP contribution in [0.1, 0.15) is 18.5 Å². The van der Waals surface area contributed by atoms with Crippen LogP contribution in [0.5, 0.6) is 0 Å². The molecule has 0 unspecified atom stereocenters. The third kappa shape index (κ3) is 2.97. The van der Waals surface area contributed by atoms with Crippen molar-refractivity contribution in [1.29, 1.82) is 0 Å². The third-order valence-electron chi connectivity index (χ3n) is 3.94. The summed E-state index contributed by atoms with van der Waals surface area (Å²) in [5.41, 5.74) is 0.0136. The van der Waals surface area contributed by atoms with Crippen molar-refractivity contribution in [3.05, 3.63) is 74.1 Å². The second-order valence-electron chi connectivity index (χ2n) is 5.58. The van der Waals surface area contributed by atoms with Gasteiger partial charge in [-0.05, 0) is 40.5 Å². The summed E-state index contributed by atoms with van der Waals surface area (Å²) in [4.78, 5) is 40.5. The van der Waals surface area contributed by atoms with Crippen molar-refractivity contribution < 1.29 is 19.6 Å². The number of aromatic nitrogens is 1. The van der Waals surface area contributed by atoms with E-state index in [-0.39, 0.29) is 17.1 Å². The smallest absolute Gasteiger partial charge is 0.295 e. The van der Waals surface area contributed by atoms with Gasteiger partial charge in [-0.25, -0.2) is 4.98 Å². The molecule has 0 spiro atoms. The van der Waals surface area contributed by atoms with Gasteiger partial charge in [0.25, 0.3) is 11.6 Å². The monoisotopic (exact) mass is 417 g/mol. The number of halogens is 1. The lowest BCUT2D eigenvalue weighted by Crippen LogP contribution is -2.31. The molecule has 1 aromatic carbocycles. The van der Waals surface area contributed by atoms with E-state index in [1.165, 1.54) is 31.3 Å². The number of non-ortho nitro benzene ring substituents is 1. The van der Waals surface area contributed by atoms with E-state index in [0.717, 1.165) is 4.90 Å². The summed E-state index contributed by atoms with van der Waals surface area (Å²) >= 11 is 3.25.